The van der Waals surface area contributed by atoms with E-state index in [9.17, 15) is 14.4 Å². The summed E-state index contributed by atoms with van der Waals surface area (Å²) < 4.78 is 27.7. The van der Waals surface area contributed by atoms with E-state index < -0.39 is 54.7 Å². The first-order valence-electron chi connectivity index (χ1n) is 10.6. The third-order valence-electron chi connectivity index (χ3n) is 6.60. The number of hydrogen-bond acceptors (Lipinski definition) is 8. The van der Waals surface area contributed by atoms with E-state index >= 15 is 0 Å². The van der Waals surface area contributed by atoms with Gasteiger partial charge in [-0.2, -0.15) is 0 Å². The summed E-state index contributed by atoms with van der Waals surface area (Å²) in [5.41, 5.74) is 0.587. The molecule has 8 heteroatoms. The summed E-state index contributed by atoms with van der Waals surface area (Å²) in [6.07, 6.45) is 2.69. The number of esters is 3. The first-order valence-corrected chi connectivity index (χ1v) is 10.6. The Hall–Kier alpha value is -1.93. The normalized spacial score (nSPS) is 43.1. The predicted octanol–water partition coefficient (Wildman–Crippen LogP) is 2.84. The lowest BCUT2D eigenvalue weighted by Crippen LogP contribution is -2.38. The van der Waals surface area contributed by atoms with E-state index in [1.54, 1.807) is 0 Å². The Balaban J connectivity index is 1.66. The van der Waals surface area contributed by atoms with Gasteiger partial charge in [0, 0.05) is 19.4 Å². The second kappa shape index (κ2) is 7.34. The van der Waals surface area contributed by atoms with Gasteiger partial charge in [0.15, 0.2) is 12.4 Å². The lowest BCUT2D eigenvalue weighted by atomic mass is 9.63. The summed E-state index contributed by atoms with van der Waals surface area (Å²) in [5, 5.41) is 0. The Morgan fingerprint density at radius 3 is 2.37 bits per heavy atom. The Morgan fingerprint density at radius 2 is 1.73 bits per heavy atom. The molecule has 0 aromatic carbocycles. The van der Waals surface area contributed by atoms with Crippen LogP contribution in [0.4, 0.5) is 0 Å². The van der Waals surface area contributed by atoms with E-state index in [-0.39, 0.29) is 10.8 Å². The van der Waals surface area contributed by atoms with E-state index in [0.717, 1.165) is 25.7 Å². The maximum Gasteiger partial charge on any atom is 0.336 e. The molecule has 0 spiro atoms. The third-order valence-corrected chi connectivity index (χ3v) is 6.60. The van der Waals surface area contributed by atoms with Gasteiger partial charge in [-0.3, -0.25) is 9.59 Å². The SMILES string of the molecule is CC(=O)OC1OC2OC3OC(=O)C(=CC4(C)CCCC(C)(C)C4)C3C2C1OC(C)=O. The summed E-state index contributed by atoms with van der Waals surface area (Å²) in [4.78, 5) is 35.9. The van der Waals surface area contributed by atoms with Crippen molar-refractivity contribution in [1.82, 2.24) is 0 Å². The van der Waals surface area contributed by atoms with Crippen molar-refractivity contribution in [2.75, 3.05) is 0 Å². The second-order valence-corrected chi connectivity index (χ2v) is 10.0. The molecule has 0 N–H and O–H groups in total. The number of hydrogen-bond donors (Lipinski definition) is 0. The lowest BCUT2D eigenvalue weighted by molar-refractivity contribution is -0.244. The van der Waals surface area contributed by atoms with Crippen LogP contribution in [0.15, 0.2) is 11.6 Å². The summed E-state index contributed by atoms with van der Waals surface area (Å²) in [7, 11) is 0. The van der Waals surface area contributed by atoms with Crippen molar-refractivity contribution >= 4 is 17.9 Å². The minimum Gasteiger partial charge on any atom is -0.455 e. The molecule has 7 unspecified atom stereocenters. The molecule has 0 amide bonds. The summed E-state index contributed by atoms with van der Waals surface area (Å²) >= 11 is 0. The molecule has 166 valence electrons. The van der Waals surface area contributed by atoms with Crippen LogP contribution in [-0.4, -0.2) is 42.9 Å². The molecule has 4 rings (SSSR count). The van der Waals surface area contributed by atoms with Gasteiger partial charge < -0.3 is 23.7 Å². The fraction of sp³-hybridized carbons (Fsp3) is 0.773. The van der Waals surface area contributed by atoms with Gasteiger partial charge in [-0.05, 0) is 30.1 Å². The van der Waals surface area contributed by atoms with Crippen LogP contribution in [0.25, 0.3) is 0 Å². The van der Waals surface area contributed by atoms with Crippen molar-refractivity contribution < 1.29 is 38.1 Å². The number of carbonyl (C=O) groups excluding carboxylic acids is 3. The Labute approximate surface area is 176 Å². The first kappa shape index (κ1) is 21.3. The predicted molar refractivity (Wildman–Crippen MR) is 102 cm³/mol. The molecule has 4 fully saturated rings. The largest absolute Gasteiger partial charge is 0.455 e. The smallest absolute Gasteiger partial charge is 0.336 e. The van der Waals surface area contributed by atoms with Crippen LogP contribution in [0.5, 0.6) is 0 Å². The molecular weight excluding hydrogens is 392 g/mol. The summed E-state index contributed by atoms with van der Waals surface area (Å²) in [6.45, 7) is 9.21. The first-order chi connectivity index (χ1) is 14.0. The van der Waals surface area contributed by atoms with Crippen molar-refractivity contribution in [2.45, 2.75) is 85.3 Å². The van der Waals surface area contributed by atoms with Crippen molar-refractivity contribution in [3.05, 3.63) is 11.6 Å². The van der Waals surface area contributed by atoms with Gasteiger partial charge in [-0.1, -0.05) is 33.3 Å². The molecule has 30 heavy (non-hydrogen) atoms. The van der Waals surface area contributed by atoms with Gasteiger partial charge in [-0.15, -0.1) is 0 Å². The Bertz CT molecular complexity index is 786. The summed E-state index contributed by atoms with van der Waals surface area (Å²) in [6, 6.07) is 0. The third kappa shape index (κ3) is 3.87. The van der Waals surface area contributed by atoms with Crippen molar-refractivity contribution in [2.24, 2.45) is 22.7 Å². The molecule has 3 heterocycles. The lowest BCUT2D eigenvalue weighted by Gasteiger charge is -2.41. The number of allylic oxidation sites excluding steroid dienone is 1. The Kier molecular flexibility index (Phi) is 5.21. The molecule has 3 saturated heterocycles. The quantitative estimate of drug-likeness (QED) is 0.389. The van der Waals surface area contributed by atoms with Gasteiger partial charge in [0.25, 0.3) is 0 Å². The fourth-order valence-corrected chi connectivity index (χ4v) is 5.77. The van der Waals surface area contributed by atoms with Crippen LogP contribution >= 0.6 is 0 Å². The number of fused-ring (bicyclic) bond motifs is 3. The van der Waals surface area contributed by atoms with Crippen molar-refractivity contribution in [1.29, 1.82) is 0 Å². The van der Waals surface area contributed by atoms with Crippen LogP contribution in [0.1, 0.15) is 60.3 Å². The van der Waals surface area contributed by atoms with Gasteiger partial charge in [0.1, 0.15) is 0 Å². The second-order valence-electron chi connectivity index (χ2n) is 10.0. The van der Waals surface area contributed by atoms with Crippen LogP contribution in [-0.2, 0) is 38.1 Å². The zero-order valence-corrected chi connectivity index (χ0v) is 18.1. The minimum atomic E-state index is -1.08. The molecule has 7 atom stereocenters. The zero-order chi connectivity index (χ0) is 21.8. The number of rotatable bonds is 3. The van der Waals surface area contributed by atoms with Crippen molar-refractivity contribution in [3.8, 4) is 0 Å². The summed E-state index contributed by atoms with van der Waals surface area (Å²) in [5.74, 6) is -2.44. The molecule has 0 radical (unpaired) electrons. The van der Waals surface area contributed by atoms with E-state index in [4.69, 9.17) is 23.7 Å². The molecule has 4 aliphatic rings. The van der Waals surface area contributed by atoms with Crippen LogP contribution in [0.2, 0.25) is 0 Å². The highest BCUT2D eigenvalue weighted by Crippen LogP contribution is 2.53. The van der Waals surface area contributed by atoms with E-state index in [0.29, 0.717) is 5.57 Å². The van der Waals surface area contributed by atoms with E-state index in [1.807, 2.05) is 6.08 Å². The highest BCUT2D eigenvalue weighted by atomic mass is 16.8. The average molecular weight is 422 g/mol. The molecule has 0 aromatic rings. The average Bonchev–Trinajstić information content (AvgIpc) is 3.16. The maximum atomic E-state index is 12.7. The van der Waals surface area contributed by atoms with Crippen molar-refractivity contribution in [3.63, 3.8) is 0 Å². The molecule has 1 saturated carbocycles. The zero-order valence-electron chi connectivity index (χ0n) is 18.1. The van der Waals surface area contributed by atoms with Gasteiger partial charge in [0.2, 0.25) is 12.6 Å². The minimum absolute atomic E-state index is 0.144. The monoisotopic (exact) mass is 422 g/mol. The fourth-order valence-electron chi connectivity index (χ4n) is 5.77. The van der Waals surface area contributed by atoms with E-state index in [2.05, 4.69) is 20.8 Å². The van der Waals surface area contributed by atoms with Gasteiger partial charge in [0.05, 0.1) is 11.8 Å². The molecular formula is C22H30O8. The van der Waals surface area contributed by atoms with Crippen LogP contribution < -0.4 is 0 Å². The molecule has 1 aliphatic carbocycles. The van der Waals surface area contributed by atoms with Gasteiger partial charge >= 0.3 is 17.9 Å². The number of carbonyl (C=O) groups is 3. The van der Waals surface area contributed by atoms with Crippen LogP contribution in [0, 0.1) is 22.7 Å². The van der Waals surface area contributed by atoms with E-state index in [1.165, 1.54) is 13.8 Å². The topological polar surface area (TPSA) is 97.4 Å². The highest BCUT2D eigenvalue weighted by molar-refractivity contribution is 5.91. The molecule has 3 aliphatic heterocycles. The highest BCUT2D eigenvalue weighted by Gasteiger charge is 2.65. The van der Waals surface area contributed by atoms with Crippen LogP contribution in [0.3, 0.4) is 0 Å². The Morgan fingerprint density at radius 1 is 1.03 bits per heavy atom. The molecule has 0 aromatic heterocycles. The van der Waals surface area contributed by atoms with Gasteiger partial charge in [-0.25, -0.2) is 4.79 Å². The standard InChI is InChI=1S/C22H30O8/c1-11(23)26-16-15-14-13(9-22(5)8-6-7-21(3,4)10-22)17(25)28-18(14)29-19(15)30-20(16)27-12(2)24/h9,14-16,18-20H,6-8,10H2,1-5H3. The number of ether oxygens (including phenoxy) is 5. The molecule has 8 nitrogen and oxygen atoms in total. The molecule has 0 bridgehead atoms. The maximum absolute atomic E-state index is 12.7.